The van der Waals surface area contributed by atoms with E-state index in [1.807, 2.05) is 25.1 Å². The number of fused-ring (bicyclic) bond motifs is 1. The van der Waals surface area contributed by atoms with Gasteiger partial charge in [0.1, 0.15) is 5.60 Å². The van der Waals surface area contributed by atoms with Crippen molar-refractivity contribution >= 4 is 32.7 Å². The van der Waals surface area contributed by atoms with Gasteiger partial charge < -0.3 is 15.2 Å². The number of aromatic nitrogens is 5. The number of hydrogen-bond donors (Lipinski definition) is 3. The Bertz CT molecular complexity index is 1350. The van der Waals surface area contributed by atoms with Crippen molar-refractivity contribution in [3.63, 3.8) is 0 Å². The molecule has 3 N–H and O–H groups in total. The van der Waals surface area contributed by atoms with Crippen LogP contribution < -0.4 is 10.6 Å². The first kappa shape index (κ1) is 25.5. The molecule has 0 atom stereocenters. The van der Waals surface area contributed by atoms with E-state index < -0.39 is 5.60 Å². The molecule has 3 aromatic heterocycles. The molecule has 10 nitrogen and oxygen atoms in total. The van der Waals surface area contributed by atoms with E-state index >= 15 is 0 Å². The Morgan fingerprint density at radius 1 is 1.14 bits per heavy atom. The van der Waals surface area contributed by atoms with Crippen LogP contribution in [-0.2, 0) is 16.8 Å². The Morgan fingerprint density at radius 3 is 2.61 bits per heavy atom. The third-order valence-electron chi connectivity index (χ3n) is 5.32. The number of nitrogens with zero attached hydrogens (tertiary/aromatic N) is 5. The molecule has 0 aliphatic heterocycles. The standard InChI is InChI=1S/C25H29N7O3S/c1-5-26-23(33)32-24-31-19-12-15(16-13-28-22(29-14-16)25(2,3)34)11-18(20(19)36-24)21-27-9-8-17(30-21)7-6-10-35-4/h8-9,11-14,34H,5-7,10H2,1-4H3,(H2,26,31,32,33). The monoisotopic (exact) mass is 507 g/mol. The number of thiazole rings is 1. The van der Waals surface area contributed by atoms with Crippen LogP contribution >= 0.6 is 11.3 Å². The van der Waals surface area contributed by atoms with E-state index in [4.69, 9.17) is 9.72 Å². The number of amides is 2. The summed E-state index contributed by atoms with van der Waals surface area (Å²) in [6.07, 6.45) is 6.72. The molecule has 188 valence electrons. The Kier molecular flexibility index (Phi) is 7.82. The van der Waals surface area contributed by atoms with Gasteiger partial charge in [0.05, 0.1) is 10.2 Å². The second-order valence-corrected chi connectivity index (χ2v) is 9.70. The minimum absolute atomic E-state index is 0.315. The molecule has 0 unspecified atom stereocenters. The predicted molar refractivity (Wildman–Crippen MR) is 140 cm³/mol. The van der Waals surface area contributed by atoms with Crippen LogP contribution in [0.2, 0.25) is 0 Å². The lowest BCUT2D eigenvalue weighted by atomic mass is 10.0. The quantitative estimate of drug-likeness (QED) is 0.288. The van der Waals surface area contributed by atoms with Crippen molar-refractivity contribution in [1.82, 2.24) is 30.2 Å². The highest BCUT2D eigenvalue weighted by atomic mass is 32.1. The van der Waals surface area contributed by atoms with Crippen LogP contribution in [0, 0.1) is 0 Å². The Labute approximate surface area is 213 Å². The molecule has 0 spiro atoms. The summed E-state index contributed by atoms with van der Waals surface area (Å²) in [5.74, 6) is 0.903. The highest BCUT2D eigenvalue weighted by Crippen LogP contribution is 2.37. The first-order valence-electron chi connectivity index (χ1n) is 11.6. The number of aliphatic hydroxyl groups is 1. The van der Waals surface area contributed by atoms with Gasteiger partial charge in [0.25, 0.3) is 0 Å². The Balaban J connectivity index is 1.80. The van der Waals surface area contributed by atoms with E-state index in [9.17, 15) is 9.90 Å². The molecule has 4 rings (SSSR count). The number of nitrogens with one attached hydrogen (secondary N) is 2. The van der Waals surface area contributed by atoms with Gasteiger partial charge in [0.2, 0.25) is 0 Å². The zero-order chi connectivity index (χ0) is 25.7. The third-order valence-corrected chi connectivity index (χ3v) is 6.34. The van der Waals surface area contributed by atoms with Gasteiger partial charge in [-0.25, -0.2) is 29.7 Å². The maximum Gasteiger partial charge on any atom is 0.321 e. The number of methoxy groups -OCH3 is 1. The van der Waals surface area contributed by atoms with E-state index in [1.165, 1.54) is 11.3 Å². The SMILES string of the molecule is CCNC(=O)Nc1nc2cc(-c3cnc(C(C)(C)O)nc3)cc(-c3nccc(CCCOC)n3)c2s1. The summed E-state index contributed by atoms with van der Waals surface area (Å²) in [7, 11) is 1.68. The fourth-order valence-corrected chi connectivity index (χ4v) is 4.53. The zero-order valence-corrected chi connectivity index (χ0v) is 21.5. The third kappa shape index (κ3) is 5.99. The van der Waals surface area contributed by atoms with Gasteiger partial charge in [-0.15, -0.1) is 0 Å². The van der Waals surface area contributed by atoms with Crippen LogP contribution in [0.25, 0.3) is 32.7 Å². The Morgan fingerprint density at radius 2 is 1.92 bits per heavy atom. The van der Waals surface area contributed by atoms with Crippen LogP contribution in [0.15, 0.2) is 36.8 Å². The maximum absolute atomic E-state index is 12.1. The largest absolute Gasteiger partial charge is 0.385 e. The second kappa shape index (κ2) is 11.0. The molecule has 0 bridgehead atoms. The summed E-state index contributed by atoms with van der Waals surface area (Å²) in [6.45, 7) is 6.30. The molecule has 1 aromatic carbocycles. The van der Waals surface area contributed by atoms with E-state index in [0.29, 0.717) is 35.4 Å². The fourth-order valence-electron chi connectivity index (χ4n) is 3.58. The van der Waals surface area contributed by atoms with Crippen LogP contribution in [0.1, 0.15) is 38.7 Å². The number of carbonyl (C=O) groups excluding carboxylic acids is 1. The van der Waals surface area contributed by atoms with Gasteiger partial charge >= 0.3 is 6.03 Å². The lowest BCUT2D eigenvalue weighted by Gasteiger charge is -2.15. The summed E-state index contributed by atoms with van der Waals surface area (Å²) in [5, 5.41) is 16.2. The molecule has 0 aliphatic carbocycles. The molecular weight excluding hydrogens is 478 g/mol. The highest BCUT2D eigenvalue weighted by molar-refractivity contribution is 7.22. The topological polar surface area (TPSA) is 135 Å². The molecule has 0 aliphatic rings. The number of urea groups is 1. The van der Waals surface area contributed by atoms with E-state index in [1.54, 1.807) is 39.5 Å². The van der Waals surface area contributed by atoms with Gasteiger partial charge in [-0.2, -0.15) is 0 Å². The van der Waals surface area contributed by atoms with Crippen LogP contribution in [0.3, 0.4) is 0 Å². The molecule has 0 saturated carbocycles. The number of aryl methyl sites for hydroxylation is 1. The lowest BCUT2D eigenvalue weighted by molar-refractivity contribution is 0.0687. The van der Waals surface area contributed by atoms with Gasteiger partial charge in [-0.05, 0) is 57.4 Å². The molecule has 0 fully saturated rings. The van der Waals surface area contributed by atoms with Crippen molar-refractivity contribution in [3.8, 4) is 22.5 Å². The van der Waals surface area contributed by atoms with Gasteiger partial charge in [-0.3, -0.25) is 5.32 Å². The average molecular weight is 508 g/mol. The number of benzene rings is 1. The molecule has 36 heavy (non-hydrogen) atoms. The van der Waals surface area contributed by atoms with Crippen LogP contribution in [0.4, 0.5) is 9.93 Å². The molecule has 11 heteroatoms. The minimum atomic E-state index is -1.14. The normalized spacial score (nSPS) is 11.6. The number of ether oxygens (including phenoxy) is 1. The molecule has 2 amide bonds. The maximum atomic E-state index is 12.1. The van der Waals surface area contributed by atoms with Crippen molar-refractivity contribution in [1.29, 1.82) is 0 Å². The number of carbonyl (C=O) groups is 1. The summed E-state index contributed by atoms with van der Waals surface area (Å²) in [5.41, 5.74) is 2.85. The van der Waals surface area contributed by atoms with E-state index in [-0.39, 0.29) is 6.03 Å². The van der Waals surface area contributed by atoms with Crippen LogP contribution in [-0.4, -0.2) is 56.3 Å². The van der Waals surface area contributed by atoms with Crippen molar-refractivity contribution in [3.05, 3.63) is 48.3 Å². The minimum Gasteiger partial charge on any atom is -0.385 e. The molecular formula is C25H29N7O3S. The van der Waals surface area contributed by atoms with Gasteiger partial charge in [0.15, 0.2) is 16.8 Å². The van der Waals surface area contributed by atoms with Crippen LogP contribution in [0.5, 0.6) is 0 Å². The number of rotatable bonds is 9. The number of hydrogen-bond acceptors (Lipinski definition) is 9. The zero-order valence-electron chi connectivity index (χ0n) is 20.7. The van der Waals surface area contributed by atoms with Crippen molar-refractivity contribution in [2.45, 2.75) is 39.2 Å². The van der Waals surface area contributed by atoms with Gasteiger partial charge in [0, 0.05) is 55.7 Å². The second-order valence-electron chi connectivity index (χ2n) is 8.70. The van der Waals surface area contributed by atoms with Crippen molar-refractivity contribution < 1.29 is 14.6 Å². The number of anilines is 1. The Hall–Kier alpha value is -3.54. The summed E-state index contributed by atoms with van der Waals surface area (Å²) in [4.78, 5) is 34.7. The summed E-state index contributed by atoms with van der Waals surface area (Å²) in [6, 6.07) is 5.49. The van der Waals surface area contributed by atoms with E-state index in [2.05, 4.69) is 30.6 Å². The highest BCUT2D eigenvalue weighted by Gasteiger charge is 2.20. The predicted octanol–water partition coefficient (Wildman–Crippen LogP) is 4.16. The fraction of sp³-hybridized carbons (Fsp3) is 0.360. The van der Waals surface area contributed by atoms with E-state index in [0.717, 1.165) is 39.9 Å². The smallest absolute Gasteiger partial charge is 0.321 e. The molecule has 4 aromatic rings. The molecule has 0 radical (unpaired) electrons. The first-order valence-corrected chi connectivity index (χ1v) is 12.5. The van der Waals surface area contributed by atoms with Crippen molar-refractivity contribution in [2.24, 2.45) is 0 Å². The first-order chi connectivity index (χ1) is 17.3. The lowest BCUT2D eigenvalue weighted by Crippen LogP contribution is -2.28. The molecule has 0 saturated heterocycles. The van der Waals surface area contributed by atoms with Gasteiger partial charge in [-0.1, -0.05) is 11.3 Å². The molecule has 3 heterocycles. The average Bonchev–Trinajstić information content (AvgIpc) is 3.25. The summed E-state index contributed by atoms with van der Waals surface area (Å²) < 4.78 is 6.02. The van der Waals surface area contributed by atoms with Crippen molar-refractivity contribution in [2.75, 3.05) is 25.6 Å². The summed E-state index contributed by atoms with van der Waals surface area (Å²) >= 11 is 1.36.